The van der Waals surface area contributed by atoms with E-state index in [2.05, 4.69) is 11.8 Å². The average Bonchev–Trinajstić information content (AvgIpc) is 2.77. The molecular formula is C13H26N2O2. The lowest BCUT2D eigenvalue weighted by molar-refractivity contribution is -0.145. The molecule has 0 amide bonds. The third-order valence-corrected chi connectivity index (χ3v) is 3.63. The number of hydrogen-bond donors (Lipinski definition) is 1. The molecule has 0 saturated heterocycles. The van der Waals surface area contributed by atoms with E-state index in [1.807, 2.05) is 7.05 Å². The topological polar surface area (TPSA) is 55.6 Å². The minimum atomic E-state index is -0.108. The summed E-state index contributed by atoms with van der Waals surface area (Å²) in [6, 6.07) is 0.457. The maximum Gasteiger partial charge on any atom is 0.320 e. The van der Waals surface area contributed by atoms with Gasteiger partial charge in [0, 0.05) is 6.04 Å². The van der Waals surface area contributed by atoms with Crippen molar-refractivity contribution in [2.45, 2.75) is 45.1 Å². The lowest BCUT2D eigenvalue weighted by Crippen LogP contribution is -2.41. The van der Waals surface area contributed by atoms with E-state index < -0.39 is 0 Å². The second-order valence-electron chi connectivity index (χ2n) is 4.98. The van der Waals surface area contributed by atoms with Gasteiger partial charge in [-0.1, -0.05) is 19.8 Å². The van der Waals surface area contributed by atoms with Gasteiger partial charge in [-0.15, -0.1) is 0 Å². The fourth-order valence-corrected chi connectivity index (χ4v) is 2.57. The van der Waals surface area contributed by atoms with Crippen molar-refractivity contribution in [2.75, 3.05) is 26.7 Å². The summed E-state index contributed by atoms with van der Waals surface area (Å²) < 4.78 is 5.17. The van der Waals surface area contributed by atoms with Gasteiger partial charge < -0.3 is 10.5 Å². The Morgan fingerprint density at radius 1 is 1.47 bits per heavy atom. The molecule has 1 fully saturated rings. The van der Waals surface area contributed by atoms with Crippen LogP contribution in [0.3, 0.4) is 0 Å². The highest BCUT2D eigenvalue weighted by molar-refractivity contribution is 5.71. The van der Waals surface area contributed by atoms with Gasteiger partial charge in [-0.3, -0.25) is 9.69 Å². The second-order valence-corrected chi connectivity index (χ2v) is 4.98. The Morgan fingerprint density at radius 3 is 2.88 bits per heavy atom. The molecule has 0 spiro atoms. The third-order valence-electron chi connectivity index (χ3n) is 3.63. The van der Waals surface area contributed by atoms with Crippen LogP contribution in [0.5, 0.6) is 0 Å². The quantitative estimate of drug-likeness (QED) is 0.541. The van der Waals surface area contributed by atoms with Crippen molar-refractivity contribution in [1.29, 1.82) is 0 Å². The van der Waals surface area contributed by atoms with Gasteiger partial charge in [-0.25, -0.2) is 0 Å². The zero-order valence-electron chi connectivity index (χ0n) is 11.2. The fourth-order valence-electron chi connectivity index (χ4n) is 2.57. The summed E-state index contributed by atoms with van der Waals surface area (Å²) in [5, 5.41) is 0. The van der Waals surface area contributed by atoms with Crippen LogP contribution in [0.15, 0.2) is 0 Å². The summed E-state index contributed by atoms with van der Waals surface area (Å²) in [7, 11) is 2.00. The van der Waals surface area contributed by atoms with Gasteiger partial charge in [0.25, 0.3) is 0 Å². The maximum atomic E-state index is 11.6. The Labute approximate surface area is 104 Å². The first-order valence-corrected chi connectivity index (χ1v) is 6.75. The largest absolute Gasteiger partial charge is 0.465 e. The van der Waals surface area contributed by atoms with Gasteiger partial charge in [0.15, 0.2) is 0 Å². The van der Waals surface area contributed by atoms with Crippen LogP contribution in [0.1, 0.15) is 39.0 Å². The van der Waals surface area contributed by atoms with Crippen molar-refractivity contribution in [3.8, 4) is 0 Å². The van der Waals surface area contributed by atoms with Gasteiger partial charge >= 0.3 is 5.97 Å². The predicted octanol–water partition coefficient (Wildman–Crippen LogP) is 1.39. The molecule has 1 saturated carbocycles. The summed E-state index contributed by atoms with van der Waals surface area (Å²) in [6.07, 6.45) is 5.57. The van der Waals surface area contributed by atoms with Crippen LogP contribution in [0.4, 0.5) is 0 Å². The zero-order chi connectivity index (χ0) is 12.7. The Balaban J connectivity index is 2.27. The third kappa shape index (κ3) is 4.64. The Kier molecular flexibility index (Phi) is 6.52. The predicted molar refractivity (Wildman–Crippen MR) is 68.7 cm³/mol. The fraction of sp³-hybridized carbons (Fsp3) is 0.923. The highest BCUT2D eigenvalue weighted by Crippen LogP contribution is 2.28. The van der Waals surface area contributed by atoms with E-state index in [-0.39, 0.29) is 5.97 Å². The number of likely N-dealkylation sites (N-methyl/N-ethyl adjacent to an activating group) is 1. The smallest absolute Gasteiger partial charge is 0.320 e. The first-order valence-electron chi connectivity index (χ1n) is 6.75. The summed E-state index contributed by atoms with van der Waals surface area (Å²) >= 11 is 0. The van der Waals surface area contributed by atoms with Gasteiger partial charge in [0.05, 0.1) is 13.2 Å². The van der Waals surface area contributed by atoms with E-state index in [4.69, 9.17) is 10.5 Å². The molecule has 0 aliphatic heterocycles. The minimum Gasteiger partial charge on any atom is -0.465 e. The van der Waals surface area contributed by atoms with Crippen molar-refractivity contribution in [1.82, 2.24) is 4.90 Å². The number of hydrogen-bond acceptors (Lipinski definition) is 4. The number of carbonyl (C=O) groups is 1. The van der Waals surface area contributed by atoms with Crippen LogP contribution in [0, 0.1) is 5.92 Å². The molecule has 17 heavy (non-hydrogen) atoms. The maximum absolute atomic E-state index is 11.6. The molecule has 2 atom stereocenters. The second kappa shape index (κ2) is 7.67. The Morgan fingerprint density at radius 2 is 2.24 bits per heavy atom. The molecule has 2 unspecified atom stereocenters. The normalized spacial score (nSPS) is 24.2. The molecule has 2 N–H and O–H groups in total. The lowest BCUT2D eigenvalue weighted by atomic mass is 10.0. The molecule has 1 rings (SSSR count). The monoisotopic (exact) mass is 242 g/mol. The number of rotatable bonds is 7. The molecule has 4 nitrogen and oxygen atoms in total. The molecule has 1 aliphatic carbocycles. The SMILES string of the molecule is CCCCOC(=O)CN(C)C1CCCC1CN. The highest BCUT2D eigenvalue weighted by Gasteiger charge is 2.30. The summed E-state index contributed by atoms with van der Waals surface area (Å²) in [5.41, 5.74) is 5.75. The van der Waals surface area contributed by atoms with Gasteiger partial charge in [0.2, 0.25) is 0 Å². The van der Waals surface area contributed by atoms with Crippen LogP contribution in [0.25, 0.3) is 0 Å². The Bertz CT molecular complexity index is 233. The van der Waals surface area contributed by atoms with E-state index in [1.165, 1.54) is 12.8 Å². The zero-order valence-corrected chi connectivity index (χ0v) is 11.2. The van der Waals surface area contributed by atoms with Crippen LogP contribution in [-0.4, -0.2) is 43.7 Å². The van der Waals surface area contributed by atoms with Gasteiger partial charge in [-0.05, 0) is 38.8 Å². The molecule has 0 heterocycles. The highest BCUT2D eigenvalue weighted by atomic mass is 16.5. The molecule has 0 aromatic rings. The number of nitrogens with zero attached hydrogens (tertiary/aromatic N) is 1. The van der Waals surface area contributed by atoms with Crippen LogP contribution in [0.2, 0.25) is 0 Å². The minimum absolute atomic E-state index is 0.108. The molecule has 0 aromatic heterocycles. The van der Waals surface area contributed by atoms with Crippen molar-refractivity contribution in [2.24, 2.45) is 11.7 Å². The number of unbranched alkanes of at least 4 members (excludes halogenated alkanes) is 1. The summed E-state index contributed by atoms with van der Waals surface area (Å²) in [4.78, 5) is 13.7. The standard InChI is InChI=1S/C13H26N2O2/c1-3-4-8-17-13(16)10-15(2)12-7-5-6-11(12)9-14/h11-12H,3-10,14H2,1-2H3. The number of esters is 1. The molecule has 0 radical (unpaired) electrons. The van der Waals surface area contributed by atoms with Gasteiger partial charge in [-0.2, -0.15) is 0 Å². The van der Waals surface area contributed by atoms with Gasteiger partial charge in [0.1, 0.15) is 0 Å². The van der Waals surface area contributed by atoms with Crippen molar-refractivity contribution >= 4 is 5.97 Å². The molecule has 100 valence electrons. The molecule has 0 bridgehead atoms. The van der Waals surface area contributed by atoms with Crippen LogP contribution < -0.4 is 5.73 Å². The molecule has 1 aliphatic rings. The lowest BCUT2D eigenvalue weighted by Gasteiger charge is -2.28. The average molecular weight is 242 g/mol. The number of carbonyl (C=O) groups excluding carboxylic acids is 1. The van der Waals surface area contributed by atoms with Crippen molar-refractivity contribution < 1.29 is 9.53 Å². The van der Waals surface area contributed by atoms with E-state index in [1.54, 1.807) is 0 Å². The first-order chi connectivity index (χ1) is 8.19. The van der Waals surface area contributed by atoms with E-state index in [0.717, 1.165) is 25.8 Å². The molecule has 4 heteroatoms. The van der Waals surface area contributed by atoms with E-state index in [0.29, 0.717) is 25.1 Å². The molecule has 0 aromatic carbocycles. The van der Waals surface area contributed by atoms with E-state index >= 15 is 0 Å². The first kappa shape index (κ1) is 14.5. The van der Waals surface area contributed by atoms with Crippen LogP contribution >= 0.6 is 0 Å². The van der Waals surface area contributed by atoms with Crippen molar-refractivity contribution in [3.63, 3.8) is 0 Å². The van der Waals surface area contributed by atoms with E-state index in [9.17, 15) is 4.79 Å². The number of ether oxygens (including phenoxy) is 1. The summed E-state index contributed by atoms with van der Waals surface area (Å²) in [5.74, 6) is 0.437. The van der Waals surface area contributed by atoms with Crippen LogP contribution in [-0.2, 0) is 9.53 Å². The molecular weight excluding hydrogens is 216 g/mol. The summed E-state index contributed by atoms with van der Waals surface area (Å²) in [6.45, 7) is 3.75. The van der Waals surface area contributed by atoms with Crippen molar-refractivity contribution in [3.05, 3.63) is 0 Å². The Hall–Kier alpha value is -0.610. The number of nitrogens with two attached hydrogens (primary N) is 1.